The summed E-state index contributed by atoms with van der Waals surface area (Å²) in [6, 6.07) is 14.6. The smallest absolute Gasteiger partial charge is 0.120 e. The predicted molar refractivity (Wildman–Crippen MR) is 93.4 cm³/mol. The number of hydrogen-bond acceptors (Lipinski definition) is 3. The molecule has 0 aromatic heterocycles. The molecule has 4 heteroatoms. The Kier molecular flexibility index (Phi) is 5.29. The van der Waals surface area contributed by atoms with Gasteiger partial charge in [-0.15, -0.1) is 0 Å². The standard InChI is InChI=1S/C18H20ClNOS/c1-21-14-6-7-18(16(19)12-14)22-17-5-3-2-4-15(17)13-8-10-20-11-9-13/h2-7,12-13,20H,8-11H2,1H3. The Morgan fingerprint density at radius 2 is 1.86 bits per heavy atom. The number of nitrogens with one attached hydrogen (secondary N) is 1. The van der Waals surface area contributed by atoms with Crippen LogP contribution >= 0.6 is 23.4 Å². The lowest BCUT2D eigenvalue weighted by Crippen LogP contribution is -2.26. The summed E-state index contributed by atoms with van der Waals surface area (Å²) in [6.45, 7) is 2.21. The molecule has 2 aromatic rings. The van der Waals surface area contributed by atoms with Crippen LogP contribution in [0, 0.1) is 0 Å². The van der Waals surface area contributed by atoms with Crippen molar-refractivity contribution in [2.75, 3.05) is 20.2 Å². The number of benzene rings is 2. The van der Waals surface area contributed by atoms with Crippen LogP contribution in [0.1, 0.15) is 24.3 Å². The van der Waals surface area contributed by atoms with E-state index in [0.717, 1.165) is 28.8 Å². The fourth-order valence-electron chi connectivity index (χ4n) is 2.85. The summed E-state index contributed by atoms with van der Waals surface area (Å²) in [5, 5.41) is 4.17. The van der Waals surface area contributed by atoms with Crippen LogP contribution in [0.25, 0.3) is 0 Å². The summed E-state index contributed by atoms with van der Waals surface area (Å²) in [6.07, 6.45) is 2.40. The lowest BCUT2D eigenvalue weighted by atomic mass is 9.90. The van der Waals surface area contributed by atoms with Crippen molar-refractivity contribution in [1.82, 2.24) is 5.32 Å². The number of rotatable bonds is 4. The molecule has 1 saturated heterocycles. The van der Waals surface area contributed by atoms with E-state index < -0.39 is 0 Å². The minimum absolute atomic E-state index is 0.641. The molecule has 0 unspecified atom stereocenters. The Morgan fingerprint density at radius 3 is 2.59 bits per heavy atom. The summed E-state index contributed by atoms with van der Waals surface area (Å²) in [4.78, 5) is 2.38. The summed E-state index contributed by atoms with van der Waals surface area (Å²) < 4.78 is 5.22. The van der Waals surface area contributed by atoms with Crippen LogP contribution in [0.2, 0.25) is 5.02 Å². The lowest BCUT2D eigenvalue weighted by molar-refractivity contribution is 0.414. The Bertz CT molecular complexity index is 641. The Balaban J connectivity index is 1.86. The van der Waals surface area contributed by atoms with E-state index in [2.05, 4.69) is 29.6 Å². The number of ether oxygens (including phenoxy) is 1. The van der Waals surface area contributed by atoms with E-state index >= 15 is 0 Å². The van der Waals surface area contributed by atoms with Gasteiger partial charge in [0.05, 0.1) is 12.1 Å². The molecule has 0 aliphatic carbocycles. The Hall–Kier alpha value is -1.16. The quantitative estimate of drug-likeness (QED) is 0.853. The second kappa shape index (κ2) is 7.40. The molecule has 116 valence electrons. The van der Waals surface area contributed by atoms with Crippen molar-refractivity contribution >= 4 is 23.4 Å². The van der Waals surface area contributed by atoms with Gasteiger partial charge in [-0.1, -0.05) is 41.6 Å². The van der Waals surface area contributed by atoms with Crippen LogP contribution in [0.15, 0.2) is 52.3 Å². The highest BCUT2D eigenvalue weighted by Gasteiger charge is 2.18. The predicted octanol–water partition coefficient (Wildman–Crippen LogP) is 4.97. The minimum Gasteiger partial charge on any atom is -0.497 e. The fourth-order valence-corrected chi connectivity index (χ4v) is 4.17. The van der Waals surface area contributed by atoms with Gasteiger partial charge in [-0.2, -0.15) is 0 Å². The molecule has 0 atom stereocenters. The molecule has 1 heterocycles. The van der Waals surface area contributed by atoms with Gasteiger partial charge in [0.15, 0.2) is 0 Å². The molecule has 22 heavy (non-hydrogen) atoms. The first-order valence-corrected chi connectivity index (χ1v) is 8.78. The molecule has 0 radical (unpaired) electrons. The van der Waals surface area contributed by atoms with Crippen molar-refractivity contribution in [3.05, 3.63) is 53.1 Å². The monoisotopic (exact) mass is 333 g/mol. The normalized spacial score (nSPS) is 15.7. The molecule has 0 saturated carbocycles. The maximum atomic E-state index is 6.39. The molecule has 0 bridgehead atoms. The van der Waals surface area contributed by atoms with Gasteiger partial charge in [0.25, 0.3) is 0 Å². The van der Waals surface area contributed by atoms with Crippen molar-refractivity contribution in [3.63, 3.8) is 0 Å². The van der Waals surface area contributed by atoms with Gasteiger partial charge in [-0.3, -0.25) is 0 Å². The molecule has 0 spiro atoms. The van der Waals surface area contributed by atoms with E-state index in [1.54, 1.807) is 18.9 Å². The van der Waals surface area contributed by atoms with Gasteiger partial charge in [0.2, 0.25) is 0 Å². The van der Waals surface area contributed by atoms with Crippen LogP contribution in [-0.4, -0.2) is 20.2 Å². The zero-order valence-corrected chi connectivity index (χ0v) is 14.2. The molecule has 0 amide bonds. The van der Waals surface area contributed by atoms with Crippen molar-refractivity contribution in [2.24, 2.45) is 0 Å². The summed E-state index contributed by atoms with van der Waals surface area (Å²) in [5.41, 5.74) is 1.45. The summed E-state index contributed by atoms with van der Waals surface area (Å²) in [5.74, 6) is 1.43. The molecule has 1 fully saturated rings. The van der Waals surface area contributed by atoms with Gasteiger partial charge >= 0.3 is 0 Å². The van der Waals surface area contributed by atoms with E-state index in [-0.39, 0.29) is 0 Å². The third-order valence-corrected chi connectivity index (χ3v) is 5.65. The molecule has 2 nitrogen and oxygen atoms in total. The zero-order valence-electron chi connectivity index (χ0n) is 12.6. The maximum Gasteiger partial charge on any atom is 0.120 e. The first-order valence-electron chi connectivity index (χ1n) is 7.59. The van der Waals surface area contributed by atoms with Crippen molar-refractivity contribution in [3.8, 4) is 5.75 Å². The van der Waals surface area contributed by atoms with Gasteiger partial charge in [-0.05, 0) is 61.7 Å². The van der Waals surface area contributed by atoms with Crippen molar-refractivity contribution < 1.29 is 4.74 Å². The molecular weight excluding hydrogens is 314 g/mol. The summed E-state index contributed by atoms with van der Waals surface area (Å²) >= 11 is 8.13. The third kappa shape index (κ3) is 3.60. The molecular formula is C18H20ClNOS. The number of hydrogen-bond donors (Lipinski definition) is 1. The maximum absolute atomic E-state index is 6.39. The Labute approximate surface area is 141 Å². The third-order valence-electron chi connectivity index (χ3n) is 4.06. The van der Waals surface area contributed by atoms with Crippen LogP contribution in [0.3, 0.4) is 0 Å². The van der Waals surface area contributed by atoms with Gasteiger partial charge in [-0.25, -0.2) is 0 Å². The molecule has 2 aromatic carbocycles. The molecule has 1 N–H and O–H groups in total. The SMILES string of the molecule is COc1ccc(Sc2ccccc2C2CCNCC2)c(Cl)c1. The molecule has 1 aliphatic heterocycles. The largest absolute Gasteiger partial charge is 0.497 e. The van der Waals surface area contributed by atoms with Crippen LogP contribution < -0.4 is 10.1 Å². The first kappa shape index (κ1) is 15.7. The van der Waals surface area contributed by atoms with E-state index in [0.29, 0.717) is 5.92 Å². The average Bonchev–Trinajstić information content (AvgIpc) is 2.58. The van der Waals surface area contributed by atoms with Crippen LogP contribution in [0.5, 0.6) is 5.75 Å². The lowest BCUT2D eigenvalue weighted by Gasteiger charge is -2.25. The Morgan fingerprint density at radius 1 is 1.09 bits per heavy atom. The first-order chi connectivity index (χ1) is 10.8. The molecule has 1 aliphatic rings. The van der Waals surface area contributed by atoms with Crippen molar-refractivity contribution in [1.29, 1.82) is 0 Å². The highest BCUT2D eigenvalue weighted by atomic mass is 35.5. The van der Waals surface area contributed by atoms with E-state index in [1.165, 1.54) is 23.3 Å². The second-order valence-electron chi connectivity index (χ2n) is 5.46. The van der Waals surface area contributed by atoms with E-state index in [1.807, 2.05) is 18.2 Å². The topological polar surface area (TPSA) is 21.3 Å². The highest BCUT2D eigenvalue weighted by molar-refractivity contribution is 7.99. The minimum atomic E-state index is 0.641. The van der Waals surface area contributed by atoms with Crippen LogP contribution in [0.4, 0.5) is 0 Å². The van der Waals surface area contributed by atoms with Crippen molar-refractivity contribution in [2.45, 2.75) is 28.6 Å². The molecule has 3 rings (SSSR count). The van der Waals surface area contributed by atoms with Crippen LogP contribution in [-0.2, 0) is 0 Å². The zero-order chi connectivity index (χ0) is 15.4. The number of methoxy groups -OCH3 is 1. The second-order valence-corrected chi connectivity index (χ2v) is 6.95. The summed E-state index contributed by atoms with van der Waals surface area (Å²) in [7, 11) is 1.66. The van der Waals surface area contributed by atoms with Gasteiger partial charge in [0.1, 0.15) is 5.75 Å². The number of piperidine rings is 1. The van der Waals surface area contributed by atoms with Gasteiger partial charge < -0.3 is 10.1 Å². The van der Waals surface area contributed by atoms with Gasteiger partial charge in [0, 0.05) is 9.79 Å². The van der Waals surface area contributed by atoms with E-state index in [9.17, 15) is 0 Å². The fraction of sp³-hybridized carbons (Fsp3) is 0.333. The highest BCUT2D eigenvalue weighted by Crippen LogP contribution is 2.40. The number of halogens is 1. The average molecular weight is 334 g/mol. The van der Waals surface area contributed by atoms with E-state index in [4.69, 9.17) is 16.3 Å².